The van der Waals surface area contributed by atoms with Gasteiger partial charge in [0.2, 0.25) is 0 Å². The largest absolute Gasteiger partial charge is 2.00 e. The third-order valence-electron chi connectivity index (χ3n) is 0.667. The van der Waals surface area contributed by atoms with Crippen molar-refractivity contribution < 1.29 is 31.4 Å². The number of benzene rings is 1. The van der Waals surface area contributed by atoms with Crippen molar-refractivity contribution in [2.24, 2.45) is 0 Å². The maximum absolute atomic E-state index is 8.52. The summed E-state index contributed by atoms with van der Waals surface area (Å²) in [6.07, 6.45) is 0. The van der Waals surface area contributed by atoms with E-state index in [4.69, 9.17) is 14.4 Å². The molecule has 0 amide bonds. The fourth-order valence-electron chi connectivity index (χ4n) is 0.385. The molecule has 0 bridgehead atoms. The molecule has 0 atom stereocenters. The van der Waals surface area contributed by atoms with E-state index in [1.165, 1.54) is 0 Å². The molecule has 0 saturated heterocycles. The van der Waals surface area contributed by atoms with Gasteiger partial charge in [-0.15, -0.1) is 0 Å². The first-order chi connectivity index (χ1) is 4.73. The second-order valence-corrected chi connectivity index (χ2v) is 1.90. The summed E-state index contributed by atoms with van der Waals surface area (Å²) in [5, 5.41) is 0. The van der Waals surface area contributed by atoms with E-state index < -0.39 is 8.25 Å². The minimum Gasteiger partial charge on any atom is -0.813 e. The fraction of sp³-hybridized carbons (Fsp3) is 0. The fourth-order valence-corrected chi connectivity index (χ4v) is 0.385. The molecule has 11 heavy (non-hydrogen) atoms. The Kier molecular flexibility index (Phi) is 12.1. The summed E-state index contributed by atoms with van der Waals surface area (Å²) >= 11 is 0. The van der Waals surface area contributed by atoms with Crippen LogP contribution in [0.15, 0.2) is 36.4 Å². The molecule has 0 aliphatic carbocycles. The second kappa shape index (κ2) is 9.89. The Bertz CT molecular complexity index is 150. The van der Waals surface area contributed by atoms with Crippen LogP contribution in [0.3, 0.4) is 0 Å². The molecule has 65 valence electrons. The van der Waals surface area contributed by atoms with Crippen LogP contribution in [0.1, 0.15) is 0 Å². The van der Waals surface area contributed by atoms with Crippen molar-refractivity contribution in [2.75, 3.05) is 0 Å². The molecule has 0 aliphatic heterocycles. The molecular weight excluding hydrogens is 215 g/mol. The van der Waals surface area contributed by atoms with Gasteiger partial charge in [-0.1, -0.05) is 44.7 Å². The van der Waals surface area contributed by atoms with Crippen molar-refractivity contribution in [3.63, 3.8) is 0 Å². The number of hydrogen-bond donors (Lipinski definition) is 0. The van der Waals surface area contributed by atoms with Crippen molar-refractivity contribution in [1.82, 2.24) is 0 Å². The topological polar surface area (TPSA) is 63.2 Å². The van der Waals surface area contributed by atoms with Crippen molar-refractivity contribution in [3.05, 3.63) is 36.4 Å². The van der Waals surface area contributed by atoms with E-state index in [1.807, 2.05) is 36.4 Å². The zero-order valence-electron chi connectivity index (χ0n) is 5.49. The maximum Gasteiger partial charge on any atom is 2.00 e. The molecule has 1 aromatic rings. The van der Waals surface area contributed by atoms with E-state index in [0.29, 0.717) is 0 Å². The molecule has 1 rings (SSSR count). The molecule has 0 aromatic heterocycles. The van der Waals surface area contributed by atoms with E-state index in [1.54, 1.807) is 0 Å². The Balaban J connectivity index is 0. The Hall–Kier alpha value is -0.111. The van der Waals surface area contributed by atoms with Gasteiger partial charge in [0.15, 0.2) is 0 Å². The standard InChI is InChI=1S/C6H6.Cu.H3O3P/c1-2-4-6-5-3-1;;1-4(2)3/h1-6H;;4H,(H2,1,2,3)/q;+2;/p-2. The molecule has 3 nitrogen and oxygen atoms in total. The average Bonchev–Trinajstić information content (AvgIpc) is 1.90. The zero-order valence-corrected chi connectivity index (χ0v) is 7.43. The van der Waals surface area contributed by atoms with E-state index in [-0.39, 0.29) is 17.1 Å². The van der Waals surface area contributed by atoms with Gasteiger partial charge in [-0.2, -0.15) is 0 Å². The molecule has 0 unspecified atom stereocenters. The maximum atomic E-state index is 8.52. The van der Waals surface area contributed by atoms with Crippen LogP contribution in [-0.4, -0.2) is 0 Å². The van der Waals surface area contributed by atoms with Crippen LogP contribution in [-0.2, 0) is 21.6 Å². The molecule has 1 aromatic carbocycles. The van der Waals surface area contributed by atoms with Gasteiger partial charge in [-0.05, 0) is 0 Å². The van der Waals surface area contributed by atoms with Gasteiger partial charge >= 0.3 is 17.1 Å². The molecule has 1 radical (unpaired) electrons. The van der Waals surface area contributed by atoms with Crippen molar-refractivity contribution in [2.45, 2.75) is 0 Å². The first-order valence-electron chi connectivity index (χ1n) is 2.61. The normalized spacial score (nSPS) is 7.55. The average molecular weight is 222 g/mol. The minimum absolute atomic E-state index is 0. The Morgan fingerprint density at radius 2 is 0.909 bits per heavy atom. The first kappa shape index (κ1) is 13.5. The monoisotopic (exact) mass is 221 g/mol. The van der Waals surface area contributed by atoms with Gasteiger partial charge < -0.3 is 14.4 Å². The third kappa shape index (κ3) is 17.7. The summed E-state index contributed by atoms with van der Waals surface area (Å²) < 4.78 is 8.52. The summed E-state index contributed by atoms with van der Waals surface area (Å²) in [7, 11) is -3.63. The van der Waals surface area contributed by atoms with Crippen molar-refractivity contribution >= 4 is 8.25 Å². The van der Waals surface area contributed by atoms with E-state index in [9.17, 15) is 0 Å². The summed E-state index contributed by atoms with van der Waals surface area (Å²) in [5.41, 5.74) is 0. The van der Waals surface area contributed by atoms with Gasteiger partial charge in [-0.3, -0.25) is 0 Å². The molecule has 5 heteroatoms. The van der Waals surface area contributed by atoms with Gasteiger partial charge in [0, 0.05) is 0 Å². The van der Waals surface area contributed by atoms with Crippen molar-refractivity contribution in [1.29, 1.82) is 0 Å². The molecule has 0 aliphatic rings. The smallest absolute Gasteiger partial charge is 0.813 e. The number of hydrogen-bond acceptors (Lipinski definition) is 3. The van der Waals surface area contributed by atoms with Crippen LogP contribution in [0, 0.1) is 0 Å². The quantitative estimate of drug-likeness (QED) is 0.450. The Morgan fingerprint density at radius 1 is 0.818 bits per heavy atom. The predicted molar refractivity (Wildman–Crippen MR) is 35.4 cm³/mol. The van der Waals surface area contributed by atoms with E-state index in [2.05, 4.69) is 0 Å². The predicted octanol–water partition coefficient (Wildman–Crippen LogP) is -0.219. The summed E-state index contributed by atoms with van der Waals surface area (Å²) in [5.74, 6) is 0. The van der Waals surface area contributed by atoms with Gasteiger partial charge in [0.05, 0.1) is 0 Å². The molecule has 0 saturated carbocycles. The Morgan fingerprint density at radius 3 is 1.00 bits per heavy atom. The summed E-state index contributed by atoms with van der Waals surface area (Å²) in [4.78, 5) is 17.0. The molecule has 0 N–H and O–H groups in total. The van der Waals surface area contributed by atoms with Gasteiger partial charge in [0.1, 0.15) is 0 Å². The molecule has 0 fully saturated rings. The molecule has 0 heterocycles. The third-order valence-corrected chi connectivity index (χ3v) is 0.667. The minimum atomic E-state index is -3.63. The zero-order chi connectivity index (χ0) is 7.82. The SMILES string of the molecule is O=[PH]([O-])[O-].[Cu+2].c1ccccc1. The molecular formula is C6H7CuO3P. The van der Waals surface area contributed by atoms with E-state index >= 15 is 0 Å². The summed E-state index contributed by atoms with van der Waals surface area (Å²) in [6.45, 7) is 0. The second-order valence-electron chi connectivity index (χ2n) is 1.40. The number of rotatable bonds is 0. The Labute approximate surface area is 76.5 Å². The van der Waals surface area contributed by atoms with Gasteiger partial charge in [-0.25, -0.2) is 0 Å². The van der Waals surface area contributed by atoms with Crippen LogP contribution >= 0.6 is 8.25 Å². The van der Waals surface area contributed by atoms with Crippen LogP contribution < -0.4 is 9.79 Å². The van der Waals surface area contributed by atoms with Gasteiger partial charge in [0.25, 0.3) is 0 Å². The van der Waals surface area contributed by atoms with E-state index in [0.717, 1.165) is 0 Å². The summed E-state index contributed by atoms with van der Waals surface area (Å²) in [6, 6.07) is 12.0. The molecule has 0 spiro atoms. The van der Waals surface area contributed by atoms with Crippen LogP contribution in [0.4, 0.5) is 0 Å². The van der Waals surface area contributed by atoms with Crippen molar-refractivity contribution in [3.8, 4) is 0 Å². The van der Waals surface area contributed by atoms with Crippen LogP contribution in [0.5, 0.6) is 0 Å². The van der Waals surface area contributed by atoms with Crippen LogP contribution in [0.2, 0.25) is 0 Å². The first-order valence-corrected chi connectivity index (χ1v) is 3.84. The van der Waals surface area contributed by atoms with Crippen LogP contribution in [0.25, 0.3) is 0 Å².